The molecular weight excluding hydrogens is 471 g/mol. The molecule has 0 aromatic heterocycles. The molecule has 0 amide bonds. The molecule has 0 aliphatic heterocycles. The van der Waals surface area contributed by atoms with Gasteiger partial charge in [0.15, 0.2) is 0 Å². The number of benzene rings is 4. The number of hydrogen-bond acceptors (Lipinski definition) is 2. The molecular formula is C29H25ClF3NO. The maximum atomic E-state index is 12.9. The molecule has 35 heavy (non-hydrogen) atoms. The van der Waals surface area contributed by atoms with E-state index in [9.17, 15) is 13.2 Å². The van der Waals surface area contributed by atoms with Gasteiger partial charge in [-0.15, -0.1) is 0 Å². The molecule has 4 aromatic carbocycles. The molecule has 1 atom stereocenters. The van der Waals surface area contributed by atoms with Crippen LogP contribution < -0.4 is 10.1 Å². The molecule has 0 aliphatic rings. The summed E-state index contributed by atoms with van der Waals surface area (Å²) in [5.41, 5.74) is 4.89. The van der Waals surface area contributed by atoms with Crippen molar-refractivity contribution >= 4 is 11.6 Å². The fourth-order valence-corrected chi connectivity index (χ4v) is 4.23. The van der Waals surface area contributed by atoms with E-state index in [0.717, 1.165) is 39.9 Å². The fourth-order valence-electron chi connectivity index (χ4n) is 3.99. The molecule has 0 radical (unpaired) electrons. The quantitative estimate of drug-likeness (QED) is 0.277. The standard InChI is InChI=1S/C29H25ClF3NO/c1-19(22-6-5-7-23(17-22)25-8-3-4-9-27(25)30)34-18-20-10-15-28(35-2)26(16-20)21-11-13-24(14-12-21)29(31,32)33/h3-17,19,34H,18H2,1-2H3. The third-order valence-corrected chi connectivity index (χ3v) is 6.30. The van der Waals surface area contributed by atoms with Crippen molar-refractivity contribution in [3.8, 4) is 28.0 Å². The lowest BCUT2D eigenvalue weighted by Gasteiger charge is -2.17. The van der Waals surface area contributed by atoms with Gasteiger partial charge in [-0.1, -0.05) is 66.2 Å². The van der Waals surface area contributed by atoms with Crippen LogP contribution in [0.2, 0.25) is 5.02 Å². The number of ether oxygens (including phenoxy) is 1. The van der Waals surface area contributed by atoms with Crippen molar-refractivity contribution in [3.05, 3.63) is 113 Å². The monoisotopic (exact) mass is 495 g/mol. The summed E-state index contributed by atoms with van der Waals surface area (Å²) in [5, 5.41) is 4.24. The molecule has 0 bridgehead atoms. The highest BCUT2D eigenvalue weighted by atomic mass is 35.5. The van der Waals surface area contributed by atoms with E-state index in [1.807, 2.05) is 54.6 Å². The molecule has 4 aromatic rings. The van der Waals surface area contributed by atoms with Crippen LogP contribution in [0.4, 0.5) is 13.2 Å². The van der Waals surface area contributed by atoms with Crippen molar-refractivity contribution in [1.82, 2.24) is 5.32 Å². The second kappa shape index (κ2) is 10.5. The first-order valence-electron chi connectivity index (χ1n) is 11.2. The van der Waals surface area contributed by atoms with Gasteiger partial charge in [0.2, 0.25) is 0 Å². The predicted octanol–water partition coefficient (Wildman–Crippen LogP) is 8.55. The molecule has 6 heteroatoms. The summed E-state index contributed by atoms with van der Waals surface area (Å²) in [7, 11) is 1.55. The largest absolute Gasteiger partial charge is 0.496 e. The van der Waals surface area contributed by atoms with Gasteiger partial charge in [0.25, 0.3) is 0 Å². The third-order valence-electron chi connectivity index (χ3n) is 5.97. The van der Waals surface area contributed by atoms with Crippen molar-refractivity contribution < 1.29 is 17.9 Å². The Hall–Kier alpha value is -3.28. The lowest BCUT2D eigenvalue weighted by molar-refractivity contribution is -0.137. The molecule has 0 spiro atoms. The average molecular weight is 496 g/mol. The Morgan fingerprint density at radius 3 is 2.26 bits per heavy atom. The highest BCUT2D eigenvalue weighted by molar-refractivity contribution is 6.33. The molecule has 0 heterocycles. The van der Waals surface area contributed by atoms with E-state index in [2.05, 4.69) is 24.4 Å². The summed E-state index contributed by atoms with van der Waals surface area (Å²) in [6, 6.07) is 26.9. The second-order valence-corrected chi connectivity index (χ2v) is 8.72. The molecule has 1 N–H and O–H groups in total. The van der Waals surface area contributed by atoms with E-state index in [-0.39, 0.29) is 6.04 Å². The third kappa shape index (κ3) is 5.87. The van der Waals surface area contributed by atoms with E-state index < -0.39 is 11.7 Å². The van der Waals surface area contributed by atoms with E-state index in [0.29, 0.717) is 22.9 Å². The van der Waals surface area contributed by atoms with Crippen LogP contribution in [-0.4, -0.2) is 7.11 Å². The van der Waals surface area contributed by atoms with E-state index in [1.165, 1.54) is 12.1 Å². The summed E-state index contributed by atoms with van der Waals surface area (Å²) < 4.78 is 44.3. The minimum absolute atomic E-state index is 0.0639. The van der Waals surface area contributed by atoms with E-state index in [1.54, 1.807) is 7.11 Å². The van der Waals surface area contributed by atoms with Crippen LogP contribution in [0.1, 0.15) is 29.7 Å². The Labute approximate surface area is 208 Å². The molecule has 0 saturated carbocycles. The minimum Gasteiger partial charge on any atom is -0.496 e. The van der Waals surface area contributed by atoms with Gasteiger partial charge in [-0.2, -0.15) is 13.2 Å². The first kappa shape index (κ1) is 24.8. The maximum absolute atomic E-state index is 12.9. The number of rotatable bonds is 7. The SMILES string of the molecule is COc1ccc(CNC(C)c2cccc(-c3ccccc3Cl)c2)cc1-c1ccc(C(F)(F)F)cc1. The summed E-state index contributed by atoms with van der Waals surface area (Å²) >= 11 is 6.37. The van der Waals surface area contributed by atoms with Gasteiger partial charge < -0.3 is 10.1 Å². The van der Waals surface area contributed by atoms with Crippen LogP contribution in [0.15, 0.2) is 91.0 Å². The molecule has 4 rings (SSSR count). The van der Waals surface area contributed by atoms with Crippen LogP contribution in [0.5, 0.6) is 5.75 Å². The predicted molar refractivity (Wildman–Crippen MR) is 136 cm³/mol. The number of halogens is 4. The average Bonchev–Trinajstić information content (AvgIpc) is 2.87. The Morgan fingerprint density at radius 2 is 1.57 bits per heavy atom. The number of methoxy groups -OCH3 is 1. The summed E-state index contributed by atoms with van der Waals surface area (Å²) in [5.74, 6) is 0.606. The van der Waals surface area contributed by atoms with Gasteiger partial charge in [-0.3, -0.25) is 0 Å². The molecule has 2 nitrogen and oxygen atoms in total. The van der Waals surface area contributed by atoms with Gasteiger partial charge in [-0.05, 0) is 65.6 Å². The lowest BCUT2D eigenvalue weighted by atomic mass is 9.99. The normalized spacial score (nSPS) is 12.4. The van der Waals surface area contributed by atoms with Gasteiger partial charge >= 0.3 is 6.18 Å². The first-order valence-corrected chi connectivity index (χ1v) is 11.6. The van der Waals surface area contributed by atoms with Crippen molar-refractivity contribution in [1.29, 1.82) is 0 Å². The lowest BCUT2D eigenvalue weighted by Crippen LogP contribution is -2.18. The smallest absolute Gasteiger partial charge is 0.416 e. The Balaban J connectivity index is 1.52. The zero-order valence-corrected chi connectivity index (χ0v) is 20.1. The second-order valence-electron chi connectivity index (χ2n) is 8.32. The van der Waals surface area contributed by atoms with E-state index >= 15 is 0 Å². The minimum atomic E-state index is -4.37. The molecule has 0 aliphatic carbocycles. The summed E-state index contributed by atoms with van der Waals surface area (Å²) in [6.45, 7) is 2.67. The van der Waals surface area contributed by atoms with Crippen molar-refractivity contribution in [2.45, 2.75) is 25.7 Å². The molecule has 0 fully saturated rings. The maximum Gasteiger partial charge on any atom is 0.416 e. The zero-order valence-electron chi connectivity index (χ0n) is 19.4. The van der Waals surface area contributed by atoms with E-state index in [4.69, 9.17) is 16.3 Å². The molecule has 0 saturated heterocycles. The topological polar surface area (TPSA) is 21.3 Å². The molecule has 180 valence electrons. The van der Waals surface area contributed by atoms with Crippen LogP contribution in [0, 0.1) is 0 Å². The summed E-state index contributed by atoms with van der Waals surface area (Å²) in [4.78, 5) is 0. The van der Waals surface area contributed by atoms with Crippen molar-refractivity contribution in [3.63, 3.8) is 0 Å². The number of nitrogens with one attached hydrogen (secondary N) is 1. The van der Waals surface area contributed by atoms with Crippen LogP contribution in [0.3, 0.4) is 0 Å². The van der Waals surface area contributed by atoms with Gasteiger partial charge in [-0.25, -0.2) is 0 Å². The zero-order chi connectivity index (χ0) is 25.0. The van der Waals surface area contributed by atoms with Gasteiger partial charge in [0.05, 0.1) is 12.7 Å². The first-order chi connectivity index (χ1) is 16.8. The van der Waals surface area contributed by atoms with Crippen LogP contribution in [0.25, 0.3) is 22.3 Å². The van der Waals surface area contributed by atoms with Crippen LogP contribution in [-0.2, 0) is 12.7 Å². The fraction of sp³-hybridized carbons (Fsp3) is 0.172. The highest BCUT2D eigenvalue weighted by Crippen LogP contribution is 2.35. The highest BCUT2D eigenvalue weighted by Gasteiger charge is 2.30. The Morgan fingerprint density at radius 1 is 0.829 bits per heavy atom. The van der Waals surface area contributed by atoms with Crippen molar-refractivity contribution in [2.24, 2.45) is 0 Å². The number of hydrogen-bond donors (Lipinski definition) is 1. The Kier molecular flexibility index (Phi) is 7.48. The Bertz CT molecular complexity index is 1300. The van der Waals surface area contributed by atoms with Crippen LogP contribution >= 0.6 is 11.6 Å². The van der Waals surface area contributed by atoms with Gasteiger partial charge in [0.1, 0.15) is 5.75 Å². The van der Waals surface area contributed by atoms with Crippen molar-refractivity contribution in [2.75, 3.05) is 7.11 Å². The van der Waals surface area contributed by atoms with Gasteiger partial charge in [0, 0.05) is 28.7 Å². The number of alkyl halides is 3. The summed E-state index contributed by atoms with van der Waals surface area (Å²) in [6.07, 6.45) is -4.37. The molecule has 1 unspecified atom stereocenters.